The highest BCUT2D eigenvalue weighted by Gasteiger charge is 2.56. The minimum absolute atomic E-state index is 0.000702. The summed E-state index contributed by atoms with van der Waals surface area (Å²) in [5, 5.41) is 18.9. The number of likely N-dealkylation sites (tertiary alicyclic amines) is 1. The Kier molecular flexibility index (Phi) is 8.57. The van der Waals surface area contributed by atoms with Crippen LogP contribution < -0.4 is 14.4 Å². The number of fused-ring (bicyclic) bond motifs is 3. The molecule has 2 atom stereocenters. The largest absolute Gasteiger partial charge is 0.480 e. The van der Waals surface area contributed by atoms with Crippen LogP contribution in [-0.4, -0.2) is 94.0 Å². The van der Waals surface area contributed by atoms with Crippen LogP contribution in [0.3, 0.4) is 0 Å². The number of methoxy groups -OCH3 is 1. The predicted molar refractivity (Wildman–Crippen MR) is 186 cm³/mol. The topological polar surface area (TPSA) is 122 Å². The molecule has 2 unspecified atom stereocenters. The molecule has 13 heteroatoms. The molecule has 8 rings (SSSR count). The summed E-state index contributed by atoms with van der Waals surface area (Å²) < 4.78 is 35.0. The summed E-state index contributed by atoms with van der Waals surface area (Å²) in [5.74, 6) is -0.222. The normalized spacial score (nSPS) is 23.5. The van der Waals surface area contributed by atoms with E-state index in [1.165, 1.54) is 20.0 Å². The third-order valence-corrected chi connectivity index (χ3v) is 12.2. The van der Waals surface area contributed by atoms with Crippen molar-refractivity contribution in [2.75, 3.05) is 51.7 Å². The van der Waals surface area contributed by atoms with Crippen LogP contribution in [-0.2, 0) is 4.74 Å². The zero-order valence-corrected chi connectivity index (χ0v) is 29.3. The average Bonchev–Trinajstić information content (AvgIpc) is 3.72. The maximum Gasteiger partial charge on any atom is 0.319 e. The summed E-state index contributed by atoms with van der Waals surface area (Å²) in [6, 6.07) is 2.99. The summed E-state index contributed by atoms with van der Waals surface area (Å²) >= 11 is 6.84. The Morgan fingerprint density at radius 3 is 2.76 bits per heavy atom. The van der Waals surface area contributed by atoms with E-state index in [0.29, 0.717) is 58.0 Å². The number of benzene rings is 1. The SMILES string of the molecule is CCCCN(CO)c1nc(OCC23CCCC2N(C2CC4(COC4)C2)CCC3)nc2c(F)c(-c3c(Cl)c(C)cc4[nH]ncc34)nc(OC)c12. The number of aliphatic hydroxyl groups is 1. The number of aromatic amines is 1. The van der Waals surface area contributed by atoms with E-state index >= 15 is 4.39 Å². The molecule has 4 fully saturated rings. The fourth-order valence-electron chi connectivity index (χ4n) is 9.12. The number of H-pyrrole nitrogens is 1. The molecule has 0 radical (unpaired) electrons. The number of ether oxygens (including phenoxy) is 3. The summed E-state index contributed by atoms with van der Waals surface area (Å²) in [6.45, 7) is 7.49. The molecule has 49 heavy (non-hydrogen) atoms. The second-order valence-corrected chi connectivity index (χ2v) is 15.1. The quantitative estimate of drug-likeness (QED) is 0.170. The van der Waals surface area contributed by atoms with Gasteiger partial charge in [-0.1, -0.05) is 31.4 Å². The average molecular weight is 694 g/mol. The van der Waals surface area contributed by atoms with Crippen molar-refractivity contribution in [3.8, 4) is 23.1 Å². The highest BCUT2D eigenvalue weighted by atomic mass is 35.5. The number of hydrogen-bond acceptors (Lipinski definition) is 10. The fraction of sp³-hybridized carbons (Fsp3) is 0.611. The first kappa shape index (κ1) is 32.9. The van der Waals surface area contributed by atoms with Crippen LogP contribution in [0.25, 0.3) is 33.1 Å². The molecule has 2 aliphatic carbocycles. The smallest absolute Gasteiger partial charge is 0.319 e. The maximum atomic E-state index is 17.0. The highest BCUT2D eigenvalue weighted by molar-refractivity contribution is 6.35. The number of aryl methyl sites for hydroxylation is 1. The van der Waals surface area contributed by atoms with Gasteiger partial charge in [0.05, 0.1) is 43.7 Å². The second kappa shape index (κ2) is 12.8. The molecule has 1 spiro atoms. The summed E-state index contributed by atoms with van der Waals surface area (Å²) in [7, 11) is 1.48. The van der Waals surface area contributed by atoms with Crippen LogP contribution in [0.1, 0.15) is 70.3 Å². The van der Waals surface area contributed by atoms with E-state index in [4.69, 9.17) is 35.8 Å². The number of nitrogens with one attached hydrogen (secondary N) is 1. The molecule has 0 amide bonds. The van der Waals surface area contributed by atoms with Crippen LogP contribution in [0.4, 0.5) is 10.2 Å². The molecular formula is C36H45ClFN7O4. The van der Waals surface area contributed by atoms with Crippen molar-refractivity contribution in [1.29, 1.82) is 0 Å². The third-order valence-electron chi connectivity index (χ3n) is 11.7. The van der Waals surface area contributed by atoms with E-state index in [9.17, 15) is 5.11 Å². The number of nitrogens with zero attached hydrogens (tertiary/aromatic N) is 6. The van der Waals surface area contributed by atoms with Gasteiger partial charge in [0.1, 0.15) is 23.3 Å². The van der Waals surface area contributed by atoms with Crippen LogP contribution in [0.5, 0.6) is 11.9 Å². The number of aliphatic hydroxyl groups excluding tert-OH is 1. The van der Waals surface area contributed by atoms with E-state index in [0.717, 1.165) is 70.3 Å². The van der Waals surface area contributed by atoms with Crippen molar-refractivity contribution in [1.82, 2.24) is 30.0 Å². The molecule has 2 saturated heterocycles. The Morgan fingerprint density at radius 2 is 2.02 bits per heavy atom. The fourth-order valence-corrected chi connectivity index (χ4v) is 9.37. The maximum absolute atomic E-state index is 17.0. The van der Waals surface area contributed by atoms with Crippen molar-refractivity contribution in [2.45, 2.75) is 83.7 Å². The molecule has 2 N–H and O–H groups in total. The second-order valence-electron chi connectivity index (χ2n) is 14.8. The first-order chi connectivity index (χ1) is 23.8. The number of piperidine rings is 1. The first-order valence-corrected chi connectivity index (χ1v) is 18.1. The number of rotatable bonds is 11. The molecular weight excluding hydrogens is 649 g/mol. The van der Waals surface area contributed by atoms with Gasteiger partial charge < -0.3 is 24.2 Å². The van der Waals surface area contributed by atoms with E-state index in [1.807, 2.05) is 13.0 Å². The molecule has 5 heterocycles. The predicted octanol–water partition coefficient (Wildman–Crippen LogP) is 6.43. The minimum Gasteiger partial charge on any atom is -0.480 e. The zero-order valence-electron chi connectivity index (χ0n) is 28.5. The molecule has 1 aromatic carbocycles. The van der Waals surface area contributed by atoms with E-state index in [1.54, 1.807) is 11.1 Å². The van der Waals surface area contributed by atoms with Gasteiger partial charge in [0.25, 0.3) is 0 Å². The molecule has 3 aromatic heterocycles. The molecule has 2 aliphatic heterocycles. The van der Waals surface area contributed by atoms with Gasteiger partial charge in [-0.25, -0.2) is 9.37 Å². The lowest BCUT2D eigenvalue weighted by Crippen LogP contribution is -2.64. The number of pyridine rings is 1. The zero-order chi connectivity index (χ0) is 33.9. The van der Waals surface area contributed by atoms with Gasteiger partial charge in [-0.05, 0) is 70.0 Å². The van der Waals surface area contributed by atoms with Gasteiger partial charge in [0.15, 0.2) is 11.6 Å². The van der Waals surface area contributed by atoms with Crippen molar-refractivity contribution >= 4 is 39.2 Å². The van der Waals surface area contributed by atoms with Gasteiger partial charge in [-0.3, -0.25) is 10.00 Å². The van der Waals surface area contributed by atoms with Crippen LogP contribution in [0.15, 0.2) is 12.3 Å². The lowest BCUT2D eigenvalue weighted by atomic mass is 9.62. The van der Waals surface area contributed by atoms with Crippen LogP contribution in [0, 0.1) is 23.6 Å². The van der Waals surface area contributed by atoms with Gasteiger partial charge in [-0.15, -0.1) is 0 Å². The van der Waals surface area contributed by atoms with Crippen molar-refractivity contribution in [3.63, 3.8) is 0 Å². The van der Waals surface area contributed by atoms with Crippen molar-refractivity contribution in [3.05, 3.63) is 28.7 Å². The number of hydrogen-bond donors (Lipinski definition) is 2. The van der Waals surface area contributed by atoms with Gasteiger partial charge in [-0.2, -0.15) is 15.1 Å². The lowest BCUT2D eigenvalue weighted by Gasteiger charge is -2.60. The van der Waals surface area contributed by atoms with Crippen LogP contribution >= 0.6 is 11.6 Å². The molecule has 2 saturated carbocycles. The number of unbranched alkanes of at least 4 members (excludes halogenated alkanes) is 1. The summed E-state index contributed by atoms with van der Waals surface area (Å²) in [5.41, 5.74) is 2.25. The Balaban J connectivity index is 1.20. The Bertz CT molecular complexity index is 1880. The standard InChI is InChI=1S/C36H45ClFN7O4/c1-4-5-11-44(20-46)32-27-31(29(38)30(40-33(27)47-3)26-23-16-39-43-24(23)13-21(2)28(26)37)41-34(42-32)49-19-36-9-6-8-25(36)45(12-7-10-36)22-14-35(15-22)17-48-18-35/h13,16,22,25,46H,4-12,14-15,17-20H2,1-3H3,(H,39,43). The monoisotopic (exact) mass is 693 g/mol. The highest BCUT2D eigenvalue weighted by Crippen LogP contribution is 2.55. The number of aromatic nitrogens is 5. The van der Waals surface area contributed by atoms with Crippen molar-refractivity contribution in [2.24, 2.45) is 10.8 Å². The molecule has 0 bridgehead atoms. The Labute approximate surface area is 290 Å². The van der Waals surface area contributed by atoms with Gasteiger partial charge in [0.2, 0.25) is 5.88 Å². The molecule has 4 aromatic rings. The van der Waals surface area contributed by atoms with E-state index in [-0.39, 0.29) is 40.6 Å². The molecule has 11 nitrogen and oxygen atoms in total. The molecule has 262 valence electrons. The number of halogens is 2. The van der Waals surface area contributed by atoms with Crippen LogP contribution in [0.2, 0.25) is 5.02 Å². The summed E-state index contributed by atoms with van der Waals surface area (Å²) in [6.07, 6.45) is 11.4. The Hall–Kier alpha value is -3.32. The van der Waals surface area contributed by atoms with E-state index in [2.05, 4.69) is 27.0 Å². The number of anilines is 1. The lowest BCUT2D eigenvalue weighted by molar-refractivity contribution is -0.196. The first-order valence-electron chi connectivity index (χ1n) is 17.7. The minimum atomic E-state index is -0.674. The Morgan fingerprint density at radius 1 is 1.20 bits per heavy atom. The third kappa shape index (κ3) is 5.41. The molecule has 4 aliphatic rings. The summed E-state index contributed by atoms with van der Waals surface area (Å²) in [4.78, 5) is 18.7. The van der Waals surface area contributed by atoms with Gasteiger partial charge >= 0.3 is 6.01 Å². The van der Waals surface area contributed by atoms with Crippen molar-refractivity contribution < 1.29 is 23.7 Å². The van der Waals surface area contributed by atoms with Gasteiger partial charge in [0, 0.05) is 40.4 Å². The van der Waals surface area contributed by atoms with E-state index < -0.39 is 5.82 Å².